The molecule has 0 spiro atoms. The Kier molecular flexibility index (Phi) is 25.0. The summed E-state index contributed by atoms with van der Waals surface area (Å²) in [6.45, 7) is 51.5. The molecule has 0 fully saturated rings. The lowest BCUT2D eigenvalue weighted by Gasteiger charge is -2.14. The summed E-state index contributed by atoms with van der Waals surface area (Å²) in [5.74, 6) is 4.72. The van der Waals surface area contributed by atoms with E-state index in [4.69, 9.17) is 9.97 Å². The monoisotopic (exact) mass is 1290 g/mol. The van der Waals surface area contributed by atoms with Crippen LogP contribution in [-0.2, 0) is 14.1 Å². The van der Waals surface area contributed by atoms with Crippen LogP contribution in [0.15, 0.2) is 67.9 Å². The molecule has 504 valence electrons. The van der Waals surface area contributed by atoms with Gasteiger partial charge in [-0.05, 0) is 94.8 Å². The fraction of sp³-hybridized carbons (Fsp3) is 0.528. The molecule has 0 aliphatic rings. The molecular weight excluding hydrogens is 1190 g/mol. The van der Waals surface area contributed by atoms with E-state index in [1.54, 1.807) is 57.4 Å². The average Bonchev–Trinajstić information content (AvgIpc) is 1.78. The summed E-state index contributed by atoms with van der Waals surface area (Å²) < 4.78 is 5.28. The molecule has 23 nitrogen and oxygen atoms in total. The second kappa shape index (κ2) is 32.4. The van der Waals surface area contributed by atoms with Gasteiger partial charge in [-0.2, -0.15) is 20.4 Å². The maximum absolute atomic E-state index is 4.69. The van der Waals surface area contributed by atoms with E-state index < -0.39 is 0 Å². The molecular formula is C72H101N23. The molecule has 0 amide bonds. The van der Waals surface area contributed by atoms with Gasteiger partial charge < -0.3 is 0 Å². The molecule has 0 aliphatic heterocycles. The fourth-order valence-electron chi connectivity index (χ4n) is 10.5. The van der Waals surface area contributed by atoms with Gasteiger partial charge in [0.2, 0.25) is 5.65 Å². The number of aryl methyl sites for hydroxylation is 2. The van der Waals surface area contributed by atoms with Gasteiger partial charge in [0.15, 0.2) is 28.2 Å². The van der Waals surface area contributed by atoms with Gasteiger partial charge in [0.1, 0.15) is 28.4 Å². The predicted molar refractivity (Wildman–Crippen MR) is 380 cm³/mol. The Hall–Kier alpha value is -9.02. The first-order valence-corrected chi connectivity index (χ1v) is 33.6. The summed E-state index contributed by atoms with van der Waals surface area (Å²) >= 11 is 0. The molecule has 0 aliphatic carbocycles. The topological polar surface area (TPSA) is 272 Å². The van der Waals surface area contributed by atoms with Crippen LogP contribution < -0.4 is 0 Å². The Labute approximate surface area is 560 Å². The van der Waals surface area contributed by atoms with Gasteiger partial charge in [-0.1, -0.05) is 166 Å². The molecule has 12 rings (SSSR count). The van der Waals surface area contributed by atoms with E-state index in [1.165, 1.54) is 5.56 Å². The van der Waals surface area contributed by atoms with Gasteiger partial charge in [-0.15, -0.1) is 15.3 Å². The highest BCUT2D eigenvalue weighted by molar-refractivity contribution is 5.74. The van der Waals surface area contributed by atoms with Crippen molar-refractivity contribution in [2.75, 3.05) is 0 Å². The second-order valence-electron chi connectivity index (χ2n) is 27.7. The molecule has 0 radical (unpaired) electrons. The minimum Gasteiger partial charge on any atom is -0.271 e. The first-order valence-electron chi connectivity index (χ1n) is 33.6. The van der Waals surface area contributed by atoms with Gasteiger partial charge in [0, 0.05) is 32.7 Å². The molecule has 12 aromatic heterocycles. The smallest absolute Gasteiger partial charge is 0.200 e. The Bertz CT molecular complexity index is 4000. The zero-order valence-electron chi connectivity index (χ0n) is 61.1. The third kappa shape index (κ3) is 18.3. The highest BCUT2D eigenvalue weighted by atomic mass is 15.3. The van der Waals surface area contributed by atoms with Crippen LogP contribution in [0.2, 0.25) is 0 Å². The van der Waals surface area contributed by atoms with Crippen LogP contribution in [0.25, 0.3) is 61.5 Å². The van der Waals surface area contributed by atoms with Crippen molar-refractivity contribution in [1.29, 1.82) is 0 Å². The SMILES string of the molecule is CC(C)c1cc2nncn2nc1C(C)C.CC(C)c1nc2ccncc2nc1C(C)C.CC(C)c1nc2ccnnc2nc1C(C)C.CC(C)c1nc2cn(C)nc2nc1C(C)C.CC(C)c1nc2cnn(C)c2nc1C(C)C.CC(C)c1nc2nccnc2nc1C(C)C. The van der Waals surface area contributed by atoms with Crippen LogP contribution in [0.5, 0.6) is 0 Å². The van der Waals surface area contributed by atoms with Crippen molar-refractivity contribution < 1.29 is 0 Å². The van der Waals surface area contributed by atoms with Crippen molar-refractivity contribution in [2.45, 2.75) is 237 Å². The molecule has 12 heterocycles. The average molecular weight is 1290 g/mol. The normalized spacial score (nSPS) is 11.8. The van der Waals surface area contributed by atoms with Gasteiger partial charge >= 0.3 is 0 Å². The molecule has 0 bridgehead atoms. The van der Waals surface area contributed by atoms with Crippen molar-refractivity contribution in [2.24, 2.45) is 14.1 Å². The van der Waals surface area contributed by atoms with Crippen molar-refractivity contribution in [3.63, 3.8) is 0 Å². The molecule has 0 saturated heterocycles. The highest BCUT2D eigenvalue weighted by Gasteiger charge is 2.21. The van der Waals surface area contributed by atoms with Crippen molar-refractivity contribution >= 4 is 61.5 Å². The Morgan fingerprint density at radius 3 is 1.22 bits per heavy atom. The summed E-state index contributed by atoms with van der Waals surface area (Å²) in [6.07, 6.45) is 13.8. The summed E-state index contributed by atoms with van der Waals surface area (Å²) in [4.78, 5) is 58.8. The quantitative estimate of drug-likeness (QED) is 0.110. The number of fused-ring (bicyclic) bond motifs is 6. The number of rotatable bonds is 12. The summed E-state index contributed by atoms with van der Waals surface area (Å²) in [7, 11) is 3.80. The third-order valence-corrected chi connectivity index (χ3v) is 15.4. The van der Waals surface area contributed by atoms with Crippen molar-refractivity contribution in [1.82, 2.24) is 114 Å². The molecule has 23 heteroatoms. The largest absolute Gasteiger partial charge is 0.271 e. The van der Waals surface area contributed by atoms with Crippen molar-refractivity contribution in [3.05, 3.63) is 136 Å². The fourth-order valence-corrected chi connectivity index (χ4v) is 10.5. The van der Waals surface area contributed by atoms with Gasteiger partial charge in [0.05, 0.1) is 92.9 Å². The van der Waals surface area contributed by atoms with Gasteiger partial charge in [-0.25, -0.2) is 69.0 Å². The Balaban J connectivity index is 0.000000161. The molecule has 0 unspecified atom stereocenters. The maximum atomic E-state index is 4.69. The summed E-state index contributed by atoms with van der Waals surface area (Å²) in [6, 6.07) is 5.85. The zero-order chi connectivity index (χ0) is 69.9. The van der Waals surface area contributed by atoms with E-state index in [0.717, 1.165) is 107 Å². The number of aromatic nitrogens is 23. The van der Waals surface area contributed by atoms with E-state index in [-0.39, 0.29) is 0 Å². The lowest BCUT2D eigenvalue weighted by molar-refractivity contribution is 0.715. The first-order chi connectivity index (χ1) is 44.9. The minimum absolute atomic E-state index is 0.358. The van der Waals surface area contributed by atoms with Crippen molar-refractivity contribution in [3.8, 4) is 0 Å². The Morgan fingerprint density at radius 2 is 0.737 bits per heavy atom. The Morgan fingerprint density at radius 1 is 0.326 bits per heavy atom. The number of hydrogen-bond acceptors (Lipinski definition) is 20. The van der Waals surface area contributed by atoms with Crippen LogP contribution in [-0.4, -0.2) is 114 Å². The van der Waals surface area contributed by atoms with E-state index >= 15 is 0 Å². The van der Waals surface area contributed by atoms with Crippen LogP contribution in [0.3, 0.4) is 0 Å². The lowest BCUT2D eigenvalue weighted by Crippen LogP contribution is -2.07. The molecule has 0 aromatic carbocycles. The van der Waals surface area contributed by atoms with E-state index in [0.29, 0.717) is 88.0 Å². The van der Waals surface area contributed by atoms with E-state index in [1.807, 2.05) is 32.4 Å². The molecule has 0 N–H and O–H groups in total. The predicted octanol–water partition coefficient (Wildman–Crippen LogP) is 16.2. The van der Waals surface area contributed by atoms with Crippen LogP contribution >= 0.6 is 0 Å². The molecule has 95 heavy (non-hydrogen) atoms. The van der Waals surface area contributed by atoms with Gasteiger partial charge in [-0.3, -0.25) is 9.67 Å². The first kappa shape index (κ1) is 73.4. The van der Waals surface area contributed by atoms with Crippen LogP contribution in [0, 0.1) is 0 Å². The molecule has 12 aromatic rings. The summed E-state index contributed by atoms with van der Waals surface area (Å²) in [5, 5.41) is 28.7. The third-order valence-electron chi connectivity index (χ3n) is 15.4. The highest BCUT2D eigenvalue weighted by Crippen LogP contribution is 2.30. The number of nitrogens with zero attached hydrogens (tertiary/aromatic N) is 23. The van der Waals surface area contributed by atoms with Gasteiger partial charge in [0.25, 0.3) is 0 Å². The molecule has 0 atom stereocenters. The lowest BCUT2D eigenvalue weighted by atomic mass is 9.96. The van der Waals surface area contributed by atoms with E-state index in [9.17, 15) is 0 Å². The summed E-state index contributed by atoms with van der Waals surface area (Å²) in [5.41, 5.74) is 21.9. The number of pyridine rings is 1. The maximum Gasteiger partial charge on any atom is 0.200 e. The zero-order valence-corrected chi connectivity index (χ0v) is 61.1. The second-order valence-corrected chi connectivity index (χ2v) is 27.7. The number of hydrogen-bond donors (Lipinski definition) is 0. The van der Waals surface area contributed by atoms with Crippen LogP contribution in [0.4, 0.5) is 0 Å². The molecule has 0 saturated carbocycles. The van der Waals surface area contributed by atoms with Crippen LogP contribution in [0.1, 0.15) is 305 Å². The van der Waals surface area contributed by atoms with E-state index in [2.05, 4.69) is 263 Å². The minimum atomic E-state index is 0.358. The standard InChI is InChI=1S/C13H17N3.2C12H18N4.2C12H16N4.C11H16N4/c1-8(2)12-13(9(3)4)16-11-7-14-6-5-10(11)15-12;1-7(2)10-11(8(3)4)14-12-9(13-10)6-16(5)15-12;1-7(2)10-11(8(3)4)15-12-9(14-10)6-13-16(12)5;1-7(2)9-10(8(3)4)16-12-11(15-9)13-5-6-14-12;1-7(2)10-11(8(3)4)15-12-9(14-10)5-6-13-16-12;1-7(2)9-5-10-13-12-6-15(10)14-11(9)8(3)4/h5-9H,1-4H3;2*6-8H,1-5H3;2*5-8H,1-4H3;5-8H,1-4H3.